The Kier molecular flexibility index (Phi) is 28.8. The molecule has 58 valence electrons. The monoisotopic (exact) mass is 220 g/mol. The predicted molar refractivity (Wildman–Crippen MR) is 38.4 cm³/mol. The molecule has 0 aliphatic heterocycles. The molecule has 0 aliphatic rings. The molecule has 0 saturated heterocycles. The summed E-state index contributed by atoms with van der Waals surface area (Å²) in [6.07, 6.45) is 0.837. The molecule has 4 heteroatoms. The molecule has 0 fully saturated rings. The van der Waals surface area contributed by atoms with E-state index in [2.05, 4.69) is 6.92 Å². The molecular formula is C6H13BrMgO2. The number of hydrogen-bond acceptors (Lipinski definition) is 2. The van der Waals surface area contributed by atoms with E-state index in [1.165, 1.54) is 0 Å². The van der Waals surface area contributed by atoms with E-state index >= 15 is 0 Å². The second-order valence-electron chi connectivity index (χ2n) is 1.46. The van der Waals surface area contributed by atoms with Gasteiger partial charge in [0.25, 0.3) is 0 Å². The summed E-state index contributed by atoms with van der Waals surface area (Å²) in [5.41, 5.74) is 0. The summed E-state index contributed by atoms with van der Waals surface area (Å²) in [4.78, 5) is 0. The average Bonchev–Trinajstić information content (AvgIpc) is 1.81. The summed E-state index contributed by atoms with van der Waals surface area (Å²) in [7, 11) is 1.66. The van der Waals surface area contributed by atoms with Crippen LogP contribution in [0.2, 0.25) is 0 Å². The van der Waals surface area contributed by atoms with Gasteiger partial charge in [0.15, 0.2) is 0 Å². The molecule has 0 rings (SSSR count). The Morgan fingerprint density at radius 3 is 2.20 bits per heavy atom. The summed E-state index contributed by atoms with van der Waals surface area (Å²) in [5, 5.41) is 0. The van der Waals surface area contributed by atoms with E-state index in [1.54, 1.807) is 7.11 Å². The number of halogens is 1. The molecule has 0 radical (unpaired) electrons. The Hall–Kier alpha value is 1.17. The van der Waals surface area contributed by atoms with Crippen molar-refractivity contribution >= 4 is 23.1 Å². The van der Waals surface area contributed by atoms with Gasteiger partial charge in [-0.2, -0.15) is 6.42 Å². The molecule has 0 amide bonds. The first kappa shape index (κ1) is 17.3. The maximum absolute atomic E-state index is 5.04. The number of ether oxygens (including phenoxy) is 2. The van der Waals surface area contributed by atoms with Gasteiger partial charge >= 0.3 is 23.1 Å². The number of methoxy groups -OCH3 is 1. The van der Waals surface area contributed by atoms with Gasteiger partial charge in [-0.1, -0.05) is 0 Å². The minimum atomic E-state index is 0. The fourth-order valence-electron chi connectivity index (χ4n) is 0.346. The van der Waals surface area contributed by atoms with Gasteiger partial charge in [0.2, 0.25) is 0 Å². The molecule has 0 N–H and O–H groups in total. The van der Waals surface area contributed by atoms with Crippen molar-refractivity contribution in [3.63, 3.8) is 0 Å². The van der Waals surface area contributed by atoms with E-state index in [4.69, 9.17) is 9.47 Å². The second kappa shape index (κ2) is 16.6. The third-order valence-electron chi connectivity index (χ3n) is 0.720. The first-order chi connectivity index (χ1) is 3.91. The molecule has 0 aromatic carbocycles. The van der Waals surface area contributed by atoms with Crippen molar-refractivity contribution in [1.29, 1.82) is 0 Å². The maximum atomic E-state index is 5.04. The fraction of sp³-hybridized carbons (Fsp3) is 0.833. The topological polar surface area (TPSA) is 18.5 Å². The van der Waals surface area contributed by atoms with Crippen molar-refractivity contribution in [2.75, 3.05) is 26.9 Å². The van der Waals surface area contributed by atoms with Crippen LogP contribution in [-0.2, 0) is 9.47 Å². The molecule has 2 nitrogen and oxygen atoms in total. The molecular weight excluding hydrogens is 208 g/mol. The van der Waals surface area contributed by atoms with Crippen LogP contribution >= 0.6 is 0 Å². The normalized spacial score (nSPS) is 7.80. The second-order valence-corrected chi connectivity index (χ2v) is 1.46. The van der Waals surface area contributed by atoms with E-state index in [9.17, 15) is 0 Å². The van der Waals surface area contributed by atoms with Crippen LogP contribution in [-0.4, -0.2) is 50.0 Å². The van der Waals surface area contributed by atoms with Crippen molar-refractivity contribution in [2.45, 2.75) is 6.42 Å². The molecule has 0 saturated carbocycles. The number of hydrogen-bond donors (Lipinski definition) is 0. The van der Waals surface area contributed by atoms with E-state index in [-0.39, 0.29) is 40.0 Å². The van der Waals surface area contributed by atoms with Crippen LogP contribution < -0.4 is 17.0 Å². The fourth-order valence-corrected chi connectivity index (χ4v) is 0.346. The van der Waals surface area contributed by atoms with Gasteiger partial charge in [0.05, 0.1) is 13.2 Å². The zero-order valence-corrected chi connectivity index (χ0v) is 9.44. The van der Waals surface area contributed by atoms with Gasteiger partial charge < -0.3 is 33.4 Å². The molecule has 0 unspecified atom stereocenters. The van der Waals surface area contributed by atoms with Crippen molar-refractivity contribution < 1.29 is 26.5 Å². The van der Waals surface area contributed by atoms with Crippen LogP contribution in [0.4, 0.5) is 0 Å². The quantitative estimate of drug-likeness (QED) is 0.290. The van der Waals surface area contributed by atoms with Crippen LogP contribution in [0.1, 0.15) is 6.42 Å². The van der Waals surface area contributed by atoms with Gasteiger partial charge in [-0.15, -0.1) is 0 Å². The van der Waals surface area contributed by atoms with Crippen LogP contribution in [0.5, 0.6) is 0 Å². The Morgan fingerprint density at radius 1 is 1.20 bits per heavy atom. The molecule has 0 spiro atoms. The Morgan fingerprint density at radius 2 is 1.80 bits per heavy atom. The Balaban J connectivity index is -0.000000245. The van der Waals surface area contributed by atoms with Crippen LogP contribution in [0.25, 0.3) is 0 Å². The van der Waals surface area contributed by atoms with Crippen LogP contribution in [0, 0.1) is 6.92 Å². The van der Waals surface area contributed by atoms with Crippen LogP contribution in [0.3, 0.4) is 0 Å². The Bertz CT molecular complexity index is 40.7. The molecule has 0 aromatic heterocycles. The van der Waals surface area contributed by atoms with Crippen molar-refractivity contribution in [3.05, 3.63) is 6.92 Å². The van der Waals surface area contributed by atoms with Crippen molar-refractivity contribution in [1.82, 2.24) is 0 Å². The van der Waals surface area contributed by atoms with Crippen molar-refractivity contribution in [3.8, 4) is 0 Å². The summed E-state index contributed by atoms with van der Waals surface area (Å²) >= 11 is 0. The smallest absolute Gasteiger partial charge is 1.00 e. The largest absolute Gasteiger partial charge is 2.00 e. The molecule has 10 heavy (non-hydrogen) atoms. The molecule has 0 bridgehead atoms. The van der Waals surface area contributed by atoms with E-state index < -0.39 is 0 Å². The summed E-state index contributed by atoms with van der Waals surface area (Å²) in [5.74, 6) is 0. The summed E-state index contributed by atoms with van der Waals surface area (Å²) < 4.78 is 9.78. The van der Waals surface area contributed by atoms with Gasteiger partial charge in [0, 0.05) is 13.7 Å². The predicted octanol–water partition coefficient (Wildman–Crippen LogP) is -2.50. The zero-order valence-electron chi connectivity index (χ0n) is 6.44. The summed E-state index contributed by atoms with van der Waals surface area (Å²) in [6, 6.07) is 0. The third-order valence-corrected chi connectivity index (χ3v) is 0.720. The van der Waals surface area contributed by atoms with E-state index in [0.717, 1.165) is 13.0 Å². The zero-order chi connectivity index (χ0) is 6.24. The Labute approximate surface area is 89.6 Å². The molecule has 0 aliphatic carbocycles. The maximum Gasteiger partial charge on any atom is 2.00 e. The first-order valence-electron chi connectivity index (χ1n) is 2.77. The minimum Gasteiger partial charge on any atom is -1.00 e. The van der Waals surface area contributed by atoms with Gasteiger partial charge in [-0.3, -0.25) is 0 Å². The average molecular weight is 221 g/mol. The van der Waals surface area contributed by atoms with Gasteiger partial charge in [0.1, 0.15) is 0 Å². The number of rotatable bonds is 5. The minimum absolute atomic E-state index is 0. The molecule has 0 aromatic rings. The van der Waals surface area contributed by atoms with E-state index in [0.29, 0.717) is 13.2 Å². The van der Waals surface area contributed by atoms with Gasteiger partial charge in [-0.25, -0.2) is 0 Å². The molecule has 0 atom stereocenters. The van der Waals surface area contributed by atoms with E-state index in [1.807, 2.05) is 0 Å². The summed E-state index contributed by atoms with van der Waals surface area (Å²) in [6.45, 7) is 5.72. The standard InChI is InChI=1S/C6H13O2.BrH.Mg/c1-3-4-8-6-5-7-2;;/h1,3-6H2,2H3;1H;/q-1;;+2/p-1. The van der Waals surface area contributed by atoms with Crippen molar-refractivity contribution in [2.24, 2.45) is 0 Å². The van der Waals surface area contributed by atoms with Crippen LogP contribution in [0.15, 0.2) is 0 Å². The SMILES string of the molecule is [Br-].[CH2-]CCOCCOC.[Mg+2]. The van der Waals surface area contributed by atoms with Gasteiger partial charge in [-0.05, 0) is 0 Å². The first-order valence-corrected chi connectivity index (χ1v) is 2.77. The molecule has 0 heterocycles. The third kappa shape index (κ3) is 16.1.